The van der Waals surface area contributed by atoms with Gasteiger partial charge in [0.2, 0.25) is 0 Å². The molecular formula is C19H19NO2. The maximum atomic E-state index is 12.0. The van der Waals surface area contributed by atoms with Crippen LogP contribution in [-0.4, -0.2) is 17.1 Å². The molecule has 3 N–H and O–H groups in total. The van der Waals surface area contributed by atoms with Gasteiger partial charge >= 0.3 is 5.97 Å². The number of hydrogen-bond acceptors (Lipinski definition) is 2. The van der Waals surface area contributed by atoms with Crippen molar-refractivity contribution in [3.05, 3.63) is 47.5 Å². The van der Waals surface area contributed by atoms with Gasteiger partial charge in [-0.2, -0.15) is 0 Å². The fraction of sp³-hybridized carbons (Fsp3) is 0.316. The van der Waals surface area contributed by atoms with Gasteiger partial charge in [-0.3, -0.25) is 0 Å². The molecule has 0 amide bonds. The summed E-state index contributed by atoms with van der Waals surface area (Å²) >= 11 is 0. The van der Waals surface area contributed by atoms with Gasteiger partial charge in [0, 0.05) is 6.04 Å². The lowest BCUT2D eigenvalue weighted by Gasteiger charge is -2.28. The number of carboxylic acid groups (broad SMARTS) is 1. The monoisotopic (exact) mass is 293 g/mol. The van der Waals surface area contributed by atoms with Crippen LogP contribution in [0.15, 0.2) is 36.4 Å². The standard InChI is InChI=1S/C19H19NO2/c20-13-7-1-6-12(10-13)17-14-8-2-4-11-5-3-9-15(16(11)14)18(17)19(21)22/h2-5,8-9,12-13H,1,6-7,10,20H2,(H,21,22)/t12-,13+/m1/s1. The Hall–Kier alpha value is -2.13. The molecule has 0 bridgehead atoms. The topological polar surface area (TPSA) is 63.3 Å². The van der Waals surface area contributed by atoms with Gasteiger partial charge in [0.15, 0.2) is 0 Å². The van der Waals surface area contributed by atoms with Crippen molar-refractivity contribution in [1.29, 1.82) is 0 Å². The molecule has 2 aliphatic rings. The minimum Gasteiger partial charge on any atom is -0.478 e. The zero-order chi connectivity index (χ0) is 15.3. The molecule has 2 aromatic rings. The van der Waals surface area contributed by atoms with E-state index < -0.39 is 5.97 Å². The van der Waals surface area contributed by atoms with Gasteiger partial charge in [-0.25, -0.2) is 4.79 Å². The summed E-state index contributed by atoms with van der Waals surface area (Å²) in [5.41, 5.74) is 9.62. The lowest BCUT2D eigenvalue weighted by Crippen LogP contribution is -2.28. The Morgan fingerprint density at radius 2 is 1.82 bits per heavy atom. The van der Waals surface area contributed by atoms with E-state index in [1.54, 1.807) is 0 Å². The van der Waals surface area contributed by atoms with E-state index in [0.717, 1.165) is 53.2 Å². The van der Waals surface area contributed by atoms with Crippen LogP contribution in [0.3, 0.4) is 0 Å². The molecule has 3 heteroatoms. The lowest BCUT2D eigenvalue weighted by atomic mass is 9.78. The van der Waals surface area contributed by atoms with Crippen molar-refractivity contribution in [1.82, 2.24) is 0 Å². The molecule has 3 nitrogen and oxygen atoms in total. The minimum atomic E-state index is -0.821. The molecule has 0 heterocycles. The average molecular weight is 293 g/mol. The van der Waals surface area contributed by atoms with Crippen molar-refractivity contribution in [2.45, 2.75) is 31.7 Å². The Kier molecular flexibility index (Phi) is 3.05. The quantitative estimate of drug-likeness (QED) is 0.888. The number of allylic oxidation sites excluding steroid dienone is 1. The predicted molar refractivity (Wildman–Crippen MR) is 88.3 cm³/mol. The van der Waals surface area contributed by atoms with Gasteiger partial charge < -0.3 is 10.8 Å². The van der Waals surface area contributed by atoms with Crippen LogP contribution < -0.4 is 5.73 Å². The summed E-state index contributed by atoms with van der Waals surface area (Å²) < 4.78 is 0. The average Bonchev–Trinajstić information content (AvgIpc) is 2.85. The van der Waals surface area contributed by atoms with Gasteiger partial charge in [0.05, 0.1) is 5.57 Å². The smallest absolute Gasteiger partial charge is 0.336 e. The Labute approximate surface area is 129 Å². The maximum absolute atomic E-state index is 12.0. The Morgan fingerprint density at radius 1 is 1.09 bits per heavy atom. The van der Waals surface area contributed by atoms with Gasteiger partial charge in [-0.05, 0) is 52.7 Å². The number of rotatable bonds is 2. The van der Waals surface area contributed by atoms with E-state index >= 15 is 0 Å². The van der Waals surface area contributed by atoms with Crippen LogP contribution in [0.2, 0.25) is 0 Å². The first-order valence-corrected chi connectivity index (χ1v) is 7.92. The van der Waals surface area contributed by atoms with E-state index in [1.165, 1.54) is 0 Å². The van der Waals surface area contributed by atoms with Crippen molar-refractivity contribution < 1.29 is 9.90 Å². The van der Waals surface area contributed by atoms with Gasteiger partial charge in [-0.15, -0.1) is 0 Å². The Balaban J connectivity index is 1.96. The Morgan fingerprint density at radius 3 is 2.50 bits per heavy atom. The largest absolute Gasteiger partial charge is 0.478 e. The number of benzene rings is 2. The number of carboxylic acids is 1. The van der Waals surface area contributed by atoms with Gasteiger partial charge in [-0.1, -0.05) is 42.8 Å². The van der Waals surface area contributed by atoms with Gasteiger partial charge in [0.25, 0.3) is 0 Å². The molecule has 0 aliphatic heterocycles. The highest BCUT2D eigenvalue weighted by molar-refractivity contribution is 6.32. The molecular weight excluding hydrogens is 274 g/mol. The normalized spacial score (nSPS) is 24.0. The van der Waals surface area contributed by atoms with E-state index in [2.05, 4.69) is 18.2 Å². The van der Waals surface area contributed by atoms with Gasteiger partial charge in [0.1, 0.15) is 0 Å². The second-order valence-corrected chi connectivity index (χ2v) is 6.43. The first kappa shape index (κ1) is 13.5. The number of aliphatic carboxylic acids is 1. The molecule has 0 unspecified atom stereocenters. The van der Waals surface area contributed by atoms with E-state index in [0.29, 0.717) is 5.57 Å². The fourth-order valence-electron chi connectivity index (χ4n) is 4.20. The molecule has 22 heavy (non-hydrogen) atoms. The summed E-state index contributed by atoms with van der Waals surface area (Å²) in [7, 11) is 0. The van der Waals surface area contributed by atoms with Crippen LogP contribution in [0, 0.1) is 5.92 Å². The molecule has 2 atom stereocenters. The van der Waals surface area contributed by atoms with Crippen LogP contribution in [-0.2, 0) is 4.79 Å². The van der Waals surface area contributed by atoms with E-state index in [9.17, 15) is 9.90 Å². The summed E-state index contributed by atoms with van der Waals surface area (Å²) in [6, 6.07) is 12.3. The molecule has 1 fully saturated rings. The molecule has 0 aromatic heterocycles. The summed E-state index contributed by atoms with van der Waals surface area (Å²) in [5.74, 6) is -0.564. The van der Waals surface area contributed by atoms with Crippen LogP contribution >= 0.6 is 0 Å². The summed E-state index contributed by atoms with van der Waals surface area (Å²) in [4.78, 5) is 12.0. The fourth-order valence-corrected chi connectivity index (χ4v) is 4.20. The van der Waals surface area contributed by atoms with Crippen LogP contribution in [0.1, 0.15) is 36.8 Å². The molecule has 0 radical (unpaired) electrons. The third-order valence-electron chi connectivity index (χ3n) is 5.07. The lowest BCUT2D eigenvalue weighted by molar-refractivity contribution is -0.130. The molecule has 2 aliphatic carbocycles. The number of hydrogen-bond donors (Lipinski definition) is 2. The molecule has 1 saturated carbocycles. The number of nitrogens with two attached hydrogens (primary N) is 1. The van der Waals surface area contributed by atoms with Crippen LogP contribution in [0.5, 0.6) is 0 Å². The second kappa shape index (κ2) is 4.96. The SMILES string of the molecule is N[C@H]1CCC[C@@H](C2=C(C(=O)O)c3cccc4cccc2c34)C1. The molecule has 0 saturated heterocycles. The zero-order valence-electron chi connectivity index (χ0n) is 12.4. The van der Waals surface area contributed by atoms with Crippen LogP contribution in [0.25, 0.3) is 21.9 Å². The second-order valence-electron chi connectivity index (χ2n) is 6.43. The van der Waals surface area contributed by atoms with Crippen molar-refractivity contribution >= 4 is 27.9 Å². The molecule has 4 rings (SSSR count). The number of carbonyl (C=O) groups is 1. The van der Waals surface area contributed by atoms with E-state index in [-0.39, 0.29) is 12.0 Å². The maximum Gasteiger partial charge on any atom is 0.336 e. The summed E-state index contributed by atoms with van der Waals surface area (Å²) in [5, 5.41) is 12.0. The Bertz CT molecular complexity index is 801. The first-order valence-electron chi connectivity index (χ1n) is 7.92. The van der Waals surface area contributed by atoms with Crippen molar-refractivity contribution in [3.8, 4) is 0 Å². The highest BCUT2D eigenvalue weighted by Crippen LogP contribution is 2.48. The highest BCUT2D eigenvalue weighted by atomic mass is 16.4. The molecule has 0 spiro atoms. The third-order valence-corrected chi connectivity index (χ3v) is 5.07. The van der Waals surface area contributed by atoms with Crippen molar-refractivity contribution in [2.75, 3.05) is 0 Å². The van der Waals surface area contributed by atoms with Crippen molar-refractivity contribution in [2.24, 2.45) is 11.7 Å². The van der Waals surface area contributed by atoms with E-state index in [1.807, 2.05) is 18.2 Å². The van der Waals surface area contributed by atoms with Crippen molar-refractivity contribution in [3.63, 3.8) is 0 Å². The summed E-state index contributed by atoms with van der Waals surface area (Å²) in [6.45, 7) is 0. The third kappa shape index (κ3) is 1.89. The summed E-state index contributed by atoms with van der Waals surface area (Å²) in [6.07, 6.45) is 4.04. The predicted octanol–water partition coefficient (Wildman–Crippen LogP) is 3.67. The minimum absolute atomic E-state index is 0.184. The molecule has 112 valence electrons. The zero-order valence-corrected chi connectivity index (χ0v) is 12.4. The highest BCUT2D eigenvalue weighted by Gasteiger charge is 2.34. The van der Waals surface area contributed by atoms with E-state index in [4.69, 9.17) is 5.73 Å². The first-order chi connectivity index (χ1) is 10.7. The molecule has 2 aromatic carbocycles. The van der Waals surface area contributed by atoms with Crippen LogP contribution in [0.4, 0.5) is 0 Å².